The van der Waals surface area contributed by atoms with Crippen molar-refractivity contribution < 1.29 is 4.74 Å². The number of morpholine rings is 1. The van der Waals surface area contributed by atoms with E-state index in [1.54, 1.807) is 0 Å². The molecule has 1 aromatic carbocycles. The predicted molar refractivity (Wildman–Crippen MR) is 121 cm³/mol. The van der Waals surface area contributed by atoms with Gasteiger partial charge in [-0.2, -0.15) is 0 Å². The maximum Gasteiger partial charge on any atom is 0.191 e. The van der Waals surface area contributed by atoms with Crippen molar-refractivity contribution in [3.05, 3.63) is 29.3 Å². The molecule has 26 heavy (non-hydrogen) atoms. The van der Waals surface area contributed by atoms with E-state index in [4.69, 9.17) is 9.73 Å². The van der Waals surface area contributed by atoms with E-state index in [1.807, 2.05) is 0 Å². The molecule has 0 amide bonds. The van der Waals surface area contributed by atoms with Crippen LogP contribution in [-0.4, -0.2) is 70.9 Å². The summed E-state index contributed by atoms with van der Waals surface area (Å²) in [6.45, 7) is 11.4. The third-order valence-corrected chi connectivity index (χ3v) is 4.42. The molecule has 0 spiro atoms. The molecule has 0 aliphatic carbocycles. The van der Waals surface area contributed by atoms with Crippen LogP contribution in [0.1, 0.15) is 18.1 Å². The van der Waals surface area contributed by atoms with Gasteiger partial charge >= 0.3 is 0 Å². The van der Waals surface area contributed by atoms with Crippen LogP contribution < -0.4 is 15.5 Å². The highest BCUT2D eigenvalue weighted by molar-refractivity contribution is 14.0. The Labute approximate surface area is 175 Å². The van der Waals surface area contributed by atoms with Gasteiger partial charge in [-0.05, 0) is 37.1 Å². The third-order valence-electron chi connectivity index (χ3n) is 4.42. The van der Waals surface area contributed by atoms with Gasteiger partial charge in [0.1, 0.15) is 0 Å². The van der Waals surface area contributed by atoms with Gasteiger partial charge < -0.3 is 20.3 Å². The van der Waals surface area contributed by atoms with E-state index in [0.717, 1.165) is 51.9 Å². The molecular formula is C19H34IN5O. The van der Waals surface area contributed by atoms with E-state index < -0.39 is 0 Å². The molecule has 0 aromatic heterocycles. The first kappa shape index (κ1) is 23.0. The largest absolute Gasteiger partial charge is 0.379 e. The van der Waals surface area contributed by atoms with E-state index in [1.165, 1.54) is 16.8 Å². The molecule has 1 saturated heterocycles. The SMILES string of the molecule is CCNC(=NCc1ccc(N(C)C)cc1C)NCCN1CCOCC1.I. The number of hydrogen-bond acceptors (Lipinski definition) is 4. The maximum atomic E-state index is 5.39. The van der Waals surface area contributed by atoms with Gasteiger partial charge in [-0.15, -0.1) is 24.0 Å². The smallest absolute Gasteiger partial charge is 0.191 e. The van der Waals surface area contributed by atoms with Gasteiger partial charge in [0.25, 0.3) is 0 Å². The van der Waals surface area contributed by atoms with Gasteiger partial charge in [0.2, 0.25) is 0 Å². The minimum absolute atomic E-state index is 0. The molecule has 0 unspecified atom stereocenters. The average molecular weight is 475 g/mol. The fraction of sp³-hybridized carbons (Fsp3) is 0.632. The van der Waals surface area contributed by atoms with Crippen molar-refractivity contribution in [2.24, 2.45) is 4.99 Å². The molecule has 6 nitrogen and oxygen atoms in total. The summed E-state index contributed by atoms with van der Waals surface area (Å²) in [6.07, 6.45) is 0. The molecule has 1 fully saturated rings. The number of aliphatic imine (C=N–C) groups is 1. The molecule has 0 bridgehead atoms. The minimum atomic E-state index is 0. The van der Waals surface area contributed by atoms with Crippen molar-refractivity contribution in [2.75, 3.05) is 64.9 Å². The van der Waals surface area contributed by atoms with Gasteiger partial charge in [0.15, 0.2) is 5.96 Å². The highest BCUT2D eigenvalue weighted by Gasteiger charge is 2.09. The van der Waals surface area contributed by atoms with Crippen molar-refractivity contribution in [2.45, 2.75) is 20.4 Å². The van der Waals surface area contributed by atoms with Gasteiger partial charge in [-0.3, -0.25) is 4.90 Å². The number of hydrogen-bond donors (Lipinski definition) is 2. The van der Waals surface area contributed by atoms with E-state index >= 15 is 0 Å². The van der Waals surface area contributed by atoms with Crippen molar-refractivity contribution in [1.29, 1.82) is 0 Å². The summed E-state index contributed by atoms with van der Waals surface area (Å²) in [5.41, 5.74) is 3.76. The number of ether oxygens (including phenoxy) is 1. The number of anilines is 1. The first-order valence-electron chi connectivity index (χ1n) is 9.19. The fourth-order valence-electron chi connectivity index (χ4n) is 2.80. The Morgan fingerprint density at radius 2 is 1.96 bits per heavy atom. The molecule has 1 aliphatic heterocycles. The lowest BCUT2D eigenvalue weighted by Crippen LogP contribution is -2.44. The zero-order valence-corrected chi connectivity index (χ0v) is 18.9. The zero-order valence-electron chi connectivity index (χ0n) is 16.5. The fourth-order valence-corrected chi connectivity index (χ4v) is 2.80. The van der Waals surface area contributed by atoms with Crippen LogP contribution >= 0.6 is 24.0 Å². The normalized spacial score (nSPS) is 15.3. The number of rotatable bonds is 7. The van der Waals surface area contributed by atoms with Crippen LogP contribution in [0, 0.1) is 6.92 Å². The second-order valence-electron chi connectivity index (χ2n) is 6.58. The maximum absolute atomic E-state index is 5.39. The van der Waals surface area contributed by atoms with Crippen LogP contribution in [0.2, 0.25) is 0 Å². The summed E-state index contributed by atoms with van der Waals surface area (Å²) in [6, 6.07) is 6.53. The Bertz CT molecular complexity index is 559. The van der Waals surface area contributed by atoms with Crippen molar-refractivity contribution in [3.63, 3.8) is 0 Å². The second kappa shape index (κ2) is 12.3. The summed E-state index contributed by atoms with van der Waals surface area (Å²) in [5.74, 6) is 0.881. The number of aryl methyl sites for hydroxylation is 1. The summed E-state index contributed by atoms with van der Waals surface area (Å²) in [4.78, 5) is 9.28. The molecule has 0 atom stereocenters. The quantitative estimate of drug-likeness (QED) is 0.360. The molecular weight excluding hydrogens is 441 g/mol. The lowest BCUT2D eigenvalue weighted by Gasteiger charge is -2.26. The Morgan fingerprint density at radius 1 is 1.23 bits per heavy atom. The van der Waals surface area contributed by atoms with E-state index in [0.29, 0.717) is 6.54 Å². The number of guanidine groups is 1. The first-order valence-corrected chi connectivity index (χ1v) is 9.19. The van der Waals surface area contributed by atoms with E-state index in [-0.39, 0.29) is 24.0 Å². The molecule has 1 aliphatic rings. The topological polar surface area (TPSA) is 52.1 Å². The lowest BCUT2D eigenvalue weighted by molar-refractivity contribution is 0.0389. The molecule has 1 heterocycles. The molecule has 0 saturated carbocycles. The monoisotopic (exact) mass is 475 g/mol. The van der Waals surface area contributed by atoms with E-state index in [2.05, 4.69) is 66.6 Å². The summed E-state index contributed by atoms with van der Waals surface area (Å²) < 4.78 is 5.39. The van der Waals surface area contributed by atoms with E-state index in [9.17, 15) is 0 Å². The van der Waals surface area contributed by atoms with Crippen molar-refractivity contribution >= 4 is 35.6 Å². The van der Waals surface area contributed by atoms with Crippen LogP contribution in [-0.2, 0) is 11.3 Å². The number of nitrogens with zero attached hydrogens (tertiary/aromatic N) is 3. The van der Waals surface area contributed by atoms with Crippen molar-refractivity contribution in [1.82, 2.24) is 15.5 Å². The molecule has 2 N–H and O–H groups in total. The van der Waals surface area contributed by atoms with Crippen molar-refractivity contribution in [3.8, 4) is 0 Å². The molecule has 1 aromatic rings. The Kier molecular flexibility index (Phi) is 10.9. The Morgan fingerprint density at radius 3 is 2.58 bits per heavy atom. The zero-order chi connectivity index (χ0) is 18.1. The molecule has 7 heteroatoms. The van der Waals surface area contributed by atoms with Gasteiger partial charge in [0, 0.05) is 52.5 Å². The van der Waals surface area contributed by atoms with Crippen LogP contribution in [0.4, 0.5) is 5.69 Å². The van der Waals surface area contributed by atoms with Crippen LogP contribution in [0.3, 0.4) is 0 Å². The standard InChI is InChI=1S/C19H33N5O.HI/c1-5-20-19(21-8-9-24-10-12-25-13-11-24)22-15-17-6-7-18(23(3)4)14-16(17)2;/h6-7,14H,5,8-13,15H2,1-4H3,(H2,20,21,22);1H. The Hall–Kier alpha value is -1.06. The number of halogens is 1. The number of nitrogens with one attached hydrogen (secondary N) is 2. The van der Waals surface area contributed by atoms with Crippen LogP contribution in [0.25, 0.3) is 0 Å². The molecule has 0 radical (unpaired) electrons. The Balaban J connectivity index is 0.00000338. The molecule has 2 rings (SSSR count). The van der Waals surface area contributed by atoms with Gasteiger partial charge in [-0.1, -0.05) is 6.07 Å². The summed E-state index contributed by atoms with van der Waals surface area (Å²) >= 11 is 0. The number of benzene rings is 1. The highest BCUT2D eigenvalue weighted by atomic mass is 127. The lowest BCUT2D eigenvalue weighted by atomic mass is 10.1. The minimum Gasteiger partial charge on any atom is -0.379 e. The second-order valence-corrected chi connectivity index (χ2v) is 6.58. The predicted octanol–water partition coefficient (Wildman–Crippen LogP) is 2.07. The average Bonchev–Trinajstić information content (AvgIpc) is 2.61. The van der Waals surface area contributed by atoms with Gasteiger partial charge in [0.05, 0.1) is 19.8 Å². The highest BCUT2D eigenvalue weighted by Crippen LogP contribution is 2.17. The molecule has 148 valence electrons. The first-order chi connectivity index (χ1) is 12.1. The summed E-state index contributed by atoms with van der Waals surface area (Å²) in [5, 5.41) is 6.76. The van der Waals surface area contributed by atoms with Crippen LogP contribution in [0.5, 0.6) is 0 Å². The van der Waals surface area contributed by atoms with Gasteiger partial charge in [-0.25, -0.2) is 4.99 Å². The summed E-state index contributed by atoms with van der Waals surface area (Å²) in [7, 11) is 4.13. The van der Waals surface area contributed by atoms with Crippen LogP contribution in [0.15, 0.2) is 23.2 Å². The third kappa shape index (κ3) is 7.67.